The molecule has 1 heterocycles. The number of carbonyl (C=O) groups is 3. The maximum atomic E-state index is 12.1. The van der Waals surface area contributed by atoms with Crippen LogP contribution in [0.15, 0.2) is 64.8 Å². The second-order valence-electron chi connectivity index (χ2n) is 6.43. The van der Waals surface area contributed by atoms with Crippen LogP contribution >= 0.6 is 11.8 Å². The molecule has 2 amide bonds. The molecule has 2 aromatic carbocycles. The van der Waals surface area contributed by atoms with E-state index in [9.17, 15) is 14.4 Å². The highest BCUT2D eigenvalue weighted by molar-refractivity contribution is 8.15. The Morgan fingerprint density at radius 1 is 1.16 bits per heavy atom. The van der Waals surface area contributed by atoms with Gasteiger partial charge in [0.1, 0.15) is 11.0 Å². The van der Waals surface area contributed by atoms with E-state index >= 15 is 0 Å². The van der Waals surface area contributed by atoms with E-state index < -0.39 is 17.1 Å². The third kappa shape index (κ3) is 6.96. The van der Waals surface area contributed by atoms with E-state index in [2.05, 4.69) is 20.8 Å². The molecule has 0 aromatic heterocycles. The van der Waals surface area contributed by atoms with Crippen molar-refractivity contribution in [3.8, 4) is 5.75 Å². The molecule has 0 saturated carbocycles. The maximum Gasteiger partial charge on any atom is 0.305 e. The van der Waals surface area contributed by atoms with E-state index in [4.69, 9.17) is 9.84 Å². The van der Waals surface area contributed by atoms with Crippen molar-refractivity contribution in [2.24, 2.45) is 10.2 Å². The van der Waals surface area contributed by atoms with E-state index in [0.29, 0.717) is 17.9 Å². The minimum Gasteiger partial charge on any atom is -0.483 e. The molecule has 0 radical (unpaired) electrons. The summed E-state index contributed by atoms with van der Waals surface area (Å²) in [5, 5.41) is 21.4. The predicted molar refractivity (Wildman–Crippen MR) is 117 cm³/mol. The van der Waals surface area contributed by atoms with Crippen molar-refractivity contribution in [1.82, 2.24) is 10.6 Å². The minimum absolute atomic E-state index is 0.158. The number of nitrogens with one attached hydrogen (secondary N) is 2. The zero-order valence-electron chi connectivity index (χ0n) is 16.4. The summed E-state index contributed by atoms with van der Waals surface area (Å²) >= 11 is 1.01. The second-order valence-corrected chi connectivity index (χ2v) is 7.62. The summed E-state index contributed by atoms with van der Waals surface area (Å²) in [7, 11) is 0. The van der Waals surface area contributed by atoms with Gasteiger partial charge in [0, 0.05) is 12.1 Å². The number of nitrogens with zero attached hydrogens (tertiary/aromatic N) is 2. The van der Waals surface area contributed by atoms with Gasteiger partial charge in [-0.3, -0.25) is 14.4 Å². The molecule has 1 unspecified atom stereocenters. The number of para-hydroxylation sites is 1. The zero-order valence-corrected chi connectivity index (χ0v) is 17.2. The van der Waals surface area contributed by atoms with Crippen LogP contribution in [-0.2, 0) is 20.9 Å². The van der Waals surface area contributed by atoms with Crippen molar-refractivity contribution in [3.05, 3.63) is 65.7 Å². The molecule has 3 rings (SSSR count). The van der Waals surface area contributed by atoms with E-state index in [0.717, 1.165) is 17.3 Å². The van der Waals surface area contributed by atoms with Gasteiger partial charge in [-0.15, -0.1) is 5.10 Å². The van der Waals surface area contributed by atoms with E-state index in [1.807, 2.05) is 30.3 Å². The first-order chi connectivity index (χ1) is 15.0. The summed E-state index contributed by atoms with van der Waals surface area (Å²) in [6, 6.07) is 16.5. The lowest BCUT2D eigenvalue weighted by Gasteiger charge is -2.09. The number of hydrogen-bond acceptors (Lipinski definition) is 7. The van der Waals surface area contributed by atoms with Crippen LogP contribution in [0.2, 0.25) is 0 Å². The molecule has 1 atom stereocenters. The van der Waals surface area contributed by atoms with Gasteiger partial charge < -0.3 is 20.5 Å². The van der Waals surface area contributed by atoms with Gasteiger partial charge in [0.25, 0.3) is 5.91 Å². The quantitative estimate of drug-likeness (QED) is 0.403. The van der Waals surface area contributed by atoms with Crippen molar-refractivity contribution in [2.75, 3.05) is 6.61 Å². The van der Waals surface area contributed by atoms with Crippen LogP contribution in [0.25, 0.3) is 0 Å². The highest BCUT2D eigenvalue weighted by atomic mass is 32.2. The highest BCUT2D eigenvalue weighted by Crippen LogP contribution is 2.22. The van der Waals surface area contributed by atoms with Crippen LogP contribution in [0.1, 0.15) is 17.5 Å². The standard InChI is InChI=1S/C21H20N4O5S/c26-18(22-11-14-6-2-1-3-7-14)13-30-16-9-5-4-8-15(16)12-23-25-21-24-20(29)17(31-21)10-19(27)28/h1-9,12,17H,10-11,13H2,(H,22,26)(H,27,28)(H,24,25,29). The number of carbonyl (C=O) groups excluding carboxylic acids is 2. The van der Waals surface area contributed by atoms with Crippen LogP contribution < -0.4 is 15.4 Å². The number of carboxylic acid groups (broad SMARTS) is 1. The van der Waals surface area contributed by atoms with Crippen molar-refractivity contribution in [2.45, 2.75) is 18.2 Å². The number of rotatable bonds is 9. The fraction of sp³-hybridized carbons (Fsp3) is 0.190. The molecule has 1 aliphatic rings. The lowest BCUT2D eigenvalue weighted by molar-refractivity contribution is -0.138. The van der Waals surface area contributed by atoms with Gasteiger partial charge in [-0.2, -0.15) is 5.10 Å². The highest BCUT2D eigenvalue weighted by Gasteiger charge is 2.32. The first kappa shape index (κ1) is 22.0. The molecule has 1 saturated heterocycles. The molecule has 0 aliphatic carbocycles. The summed E-state index contributed by atoms with van der Waals surface area (Å²) < 4.78 is 5.60. The Morgan fingerprint density at radius 2 is 1.90 bits per heavy atom. The summed E-state index contributed by atoms with van der Waals surface area (Å²) in [6.45, 7) is 0.255. The molecule has 0 bridgehead atoms. The van der Waals surface area contributed by atoms with Gasteiger partial charge in [-0.25, -0.2) is 0 Å². The first-order valence-corrected chi connectivity index (χ1v) is 10.2. The number of hydrogen-bond donors (Lipinski definition) is 3. The molecule has 10 heteroatoms. The predicted octanol–water partition coefficient (Wildman–Crippen LogP) is 1.78. The Morgan fingerprint density at radius 3 is 2.68 bits per heavy atom. The second kappa shape index (κ2) is 10.9. The Bertz CT molecular complexity index is 1010. The van der Waals surface area contributed by atoms with Crippen LogP contribution in [0.5, 0.6) is 5.75 Å². The molecule has 31 heavy (non-hydrogen) atoms. The third-order valence-corrected chi connectivity index (χ3v) is 5.16. The Labute approximate surface area is 182 Å². The Kier molecular flexibility index (Phi) is 7.77. The number of ether oxygens (including phenoxy) is 1. The van der Waals surface area contributed by atoms with E-state index in [-0.39, 0.29) is 24.1 Å². The summed E-state index contributed by atoms with van der Waals surface area (Å²) in [6.07, 6.45) is 1.14. The normalized spacial score (nSPS) is 17.0. The molecule has 3 N–H and O–H groups in total. The van der Waals surface area contributed by atoms with Crippen LogP contribution in [0.4, 0.5) is 0 Å². The van der Waals surface area contributed by atoms with Crippen molar-refractivity contribution < 1.29 is 24.2 Å². The van der Waals surface area contributed by atoms with Crippen LogP contribution in [0, 0.1) is 0 Å². The SMILES string of the molecule is O=C(O)CC1SC(=NN=Cc2ccccc2OCC(=O)NCc2ccccc2)NC1=O. The molecular weight excluding hydrogens is 420 g/mol. The van der Waals surface area contributed by atoms with Crippen LogP contribution in [-0.4, -0.2) is 46.1 Å². The third-order valence-electron chi connectivity index (χ3n) is 4.09. The molecule has 1 fully saturated rings. The topological polar surface area (TPSA) is 129 Å². The van der Waals surface area contributed by atoms with Gasteiger partial charge in [-0.1, -0.05) is 54.2 Å². The lowest BCUT2D eigenvalue weighted by atomic mass is 10.2. The number of amides is 2. The number of carboxylic acids is 1. The number of aliphatic carboxylic acids is 1. The summed E-state index contributed by atoms with van der Waals surface area (Å²) in [5.74, 6) is -1.28. The zero-order chi connectivity index (χ0) is 22.1. The summed E-state index contributed by atoms with van der Waals surface area (Å²) in [4.78, 5) is 34.5. The van der Waals surface area contributed by atoms with Gasteiger partial charge in [0.2, 0.25) is 5.91 Å². The Hall–Kier alpha value is -3.66. The van der Waals surface area contributed by atoms with Gasteiger partial charge in [0.15, 0.2) is 11.8 Å². The first-order valence-electron chi connectivity index (χ1n) is 9.34. The van der Waals surface area contributed by atoms with Crippen molar-refractivity contribution in [1.29, 1.82) is 0 Å². The van der Waals surface area contributed by atoms with E-state index in [1.54, 1.807) is 24.3 Å². The smallest absolute Gasteiger partial charge is 0.305 e. The lowest BCUT2D eigenvalue weighted by Crippen LogP contribution is -2.28. The average Bonchev–Trinajstić information content (AvgIpc) is 3.10. The Balaban J connectivity index is 1.53. The van der Waals surface area contributed by atoms with Gasteiger partial charge in [0.05, 0.1) is 12.6 Å². The molecular formula is C21H20N4O5S. The molecule has 1 aliphatic heterocycles. The average molecular weight is 440 g/mol. The number of thioether (sulfide) groups is 1. The van der Waals surface area contributed by atoms with Crippen molar-refractivity contribution in [3.63, 3.8) is 0 Å². The van der Waals surface area contributed by atoms with E-state index in [1.165, 1.54) is 6.21 Å². The molecule has 2 aromatic rings. The minimum atomic E-state index is -1.06. The molecule has 0 spiro atoms. The number of benzene rings is 2. The van der Waals surface area contributed by atoms with Crippen molar-refractivity contribution >= 4 is 40.9 Å². The van der Waals surface area contributed by atoms with Gasteiger partial charge >= 0.3 is 5.97 Å². The fourth-order valence-electron chi connectivity index (χ4n) is 2.60. The molecule has 9 nitrogen and oxygen atoms in total. The monoisotopic (exact) mass is 440 g/mol. The molecule has 160 valence electrons. The summed E-state index contributed by atoms with van der Waals surface area (Å²) in [5.41, 5.74) is 1.59. The van der Waals surface area contributed by atoms with Gasteiger partial charge in [-0.05, 0) is 17.7 Å². The fourth-order valence-corrected chi connectivity index (χ4v) is 3.51. The number of amidine groups is 1. The maximum absolute atomic E-state index is 12.1. The van der Waals surface area contributed by atoms with Crippen LogP contribution in [0.3, 0.4) is 0 Å². The largest absolute Gasteiger partial charge is 0.483 e.